The molecule has 0 aliphatic heterocycles. The van der Waals surface area contributed by atoms with E-state index in [9.17, 15) is 9.59 Å². The summed E-state index contributed by atoms with van der Waals surface area (Å²) in [6.07, 6.45) is 0. The normalized spacial score (nSPS) is 14.2. The predicted molar refractivity (Wildman–Crippen MR) is 98.3 cm³/mol. The molecular formula is C19H32N3O2+. The molecule has 0 saturated heterocycles. The Kier molecular flexibility index (Phi) is 6.96. The SMILES string of the molecule is CC(C)c1ccc(NC(=O)[C@H](C)[NH+](C)CC(=O)NC(C)(C)C)cc1. The van der Waals surface area contributed by atoms with Gasteiger partial charge in [-0.1, -0.05) is 26.0 Å². The van der Waals surface area contributed by atoms with E-state index in [2.05, 4.69) is 24.5 Å². The molecule has 0 aromatic heterocycles. The van der Waals surface area contributed by atoms with Gasteiger partial charge < -0.3 is 15.5 Å². The molecule has 0 heterocycles. The van der Waals surface area contributed by atoms with Crippen LogP contribution < -0.4 is 15.5 Å². The van der Waals surface area contributed by atoms with Gasteiger partial charge in [0.2, 0.25) is 0 Å². The third-order valence-corrected chi connectivity index (χ3v) is 3.93. The van der Waals surface area contributed by atoms with E-state index in [0.717, 1.165) is 10.6 Å². The summed E-state index contributed by atoms with van der Waals surface area (Å²) in [5.74, 6) is 0.319. The molecule has 24 heavy (non-hydrogen) atoms. The monoisotopic (exact) mass is 334 g/mol. The average Bonchev–Trinajstić information content (AvgIpc) is 2.44. The van der Waals surface area contributed by atoms with Crippen molar-refractivity contribution in [3.63, 3.8) is 0 Å². The second-order valence-corrected chi connectivity index (χ2v) is 7.81. The van der Waals surface area contributed by atoms with E-state index in [1.165, 1.54) is 5.56 Å². The highest BCUT2D eigenvalue weighted by Gasteiger charge is 2.25. The van der Waals surface area contributed by atoms with Crippen molar-refractivity contribution >= 4 is 17.5 Å². The van der Waals surface area contributed by atoms with Crippen LogP contribution in [0.2, 0.25) is 0 Å². The third kappa shape index (κ3) is 6.71. The van der Waals surface area contributed by atoms with Crippen LogP contribution in [0.15, 0.2) is 24.3 Å². The number of amides is 2. The largest absolute Gasteiger partial charge is 0.347 e. The van der Waals surface area contributed by atoms with Gasteiger partial charge in [0.1, 0.15) is 0 Å². The van der Waals surface area contributed by atoms with Gasteiger partial charge in [0.05, 0.1) is 7.05 Å². The second kappa shape index (κ2) is 8.29. The smallest absolute Gasteiger partial charge is 0.282 e. The first-order chi connectivity index (χ1) is 11.0. The standard InChI is InChI=1S/C19H31N3O2/c1-13(2)15-8-10-16(11-9-15)20-18(24)14(3)22(7)12-17(23)21-19(4,5)6/h8-11,13-14H,12H2,1-7H3,(H,20,24)(H,21,23)/p+1/t14-/m0/s1. The Bertz CT molecular complexity index is 559. The molecular weight excluding hydrogens is 302 g/mol. The van der Waals surface area contributed by atoms with Crippen molar-refractivity contribution in [1.29, 1.82) is 0 Å². The van der Waals surface area contributed by atoms with Crippen molar-refractivity contribution < 1.29 is 14.5 Å². The number of anilines is 1. The van der Waals surface area contributed by atoms with E-state index in [1.54, 1.807) is 0 Å². The zero-order valence-electron chi connectivity index (χ0n) is 16.0. The summed E-state index contributed by atoms with van der Waals surface area (Å²) in [5.41, 5.74) is 1.76. The Hall–Kier alpha value is -1.88. The van der Waals surface area contributed by atoms with Crippen LogP contribution in [-0.4, -0.2) is 37.0 Å². The summed E-state index contributed by atoms with van der Waals surface area (Å²) in [7, 11) is 1.86. The van der Waals surface area contributed by atoms with Crippen LogP contribution in [-0.2, 0) is 9.59 Å². The van der Waals surface area contributed by atoms with Crippen LogP contribution in [0.3, 0.4) is 0 Å². The fourth-order valence-electron chi connectivity index (χ4n) is 2.29. The molecule has 0 spiro atoms. The Morgan fingerprint density at radius 2 is 1.62 bits per heavy atom. The quantitative estimate of drug-likeness (QED) is 0.739. The molecule has 1 aromatic rings. The number of hydrogen-bond acceptors (Lipinski definition) is 2. The van der Waals surface area contributed by atoms with E-state index in [1.807, 2.05) is 59.0 Å². The van der Waals surface area contributed by atoms with Gasteiger partial charge in [-0.3, -0.25) is 9.59 Å². The Morgan fingerprint density at radius 1 is 1.08 bits per heavy atom. The van der Waals surface area contributed by atoms with Crippen molar-refractivity contribution in [3.8, 4) is 0 Å². The van der Waals surface area contributed by atoms with Crippen molar-refractivity contribution in [2.75, 3.05) is 18.9 Å². The third-order valence-electron chi connectivity index (χ3n) is 3.93. The first-order valence-corrected chi connectivity index (χ1v) is 8.53. The number of carbonyl (C=O) groups excluding carboxylic acids is 2. The fourth-order valence-corrected chi connectivity index (χ4v) is 2.29. The van der Waals surface area contributed by atoms with Crippen molar-refractivity contribution in [2.45, 2.75) is 59.0 Å². The van der Waals surface area contributed by atoms with Crippen LogP contribution in [0.25, 0.3) is 0 Å². The van der Waals surface area contributed by atoms with Crippen molar-refractivity contribution in [1.82, 2.24) is 5.32 Å². The molecule has 3 N–H and O–H groups in total. The highest BCUT2D eigenvalue weighted by molar-refractivity contribution is 5.93. The zero-order chi connectivity index (χ0) is 18.5. The number of benzene rings is 1. The number of carbonyl (C=O) groups is 2. The minimum absolute atomic E-state index is 0.0547. The summed E-state index contributed by atoms with van der Waals surface area (Å²) >= 11 is 0. The molecule has 2 atom stereocenters. The Morgan fingerprint density at radius 3 is 2.08 bits per heavy atom. The zero-order valence-corrected chi connectivity index (χ0v) is 16.0. The number of hydrogen-bond donors (Lipinski definition) is 3. The molecule has 1 unspecified atom stereocenters. The van der Waals surface area contributed by atoms with Gasteiger partial charge in [-0.05, 0) is 51.3 Å². The predicted octanol–water partition coefficient (Wildman–Crippen LogP) is 1.57. The van der Waals surface area contributed by atoms with E-state index in [0.29, 0.717) is 5.92 Å². The molecule has 5 nitrogen and oxygen atoms in total. The maximum absolute atomic E-state index is 12.4. The number of likely N-dealkylation sites (N-methyl/N-ethyl adjacent to an activating group) is 1. The molecule has 134 valence electrons. The fraction of sp³-hybridized carbons (Fsp3) is 0.579. The van der Waals surface area contributed by atoms with Gasteiger partial charge in [0, 0.05) is 11.2 Å². The maximum Gasteiger partial charge on any atom is 0.282 e. The summed E-state index contributed by atoms with van der Waals surface area (Å²) in [4.78, 5) is 25.2. The number of quaternary nitrogens is 1. The summed E-state index contributed by atoms with van der Waals surface area (Å²) in [6, 6.07) is 7.57. The molecule has 0 aliphatic rings. The lowest BCUT2D eigenvalue weighted by Gasteiger charge is -2.24. The average molecular weight is 334 g/mol. The summed E-state index contributed by atoms with van der Waals surface area (Å²) < 4.78 is 0. The first kappa shape index (κ1) is 20.2. The van der Waals surface area contributed by atoms with E-state index in [4.69, 9.17) is 0 Å². The molecule has 0 bridgehead atoms. The van der Waals surface area contributed by atoms with Crippen LogP contribution in [0.5, 0.6) is 0 Å². The minimum atomic E-state index is -0.319. The van der Waals surface area contributed by atoms with Gasteiger partial charge in [0.15, 0.2) is 12.6 Å². The molecule has 0 saturated carbocycles. The second-order valence-electron chi connectivity index (χ2n) is 7.81. The highest BCUT2D eigenvalue weighted by atomic mass is 16.2. The lowest BCUT2D eigenvalue weighted by atomic mass is 10.0. The van der Waals surface area contributed by atoms with Gasteiger partial charge in [-0.25, -0.2) is 0 Å². The first-order valence-electron chi connectivity index (χ1n) is 8.53. The minimum Gasteiger partial charge on any atom is -0.347 e. The number of nitrogens with one attached hydrogen (secondary N) is 3. The Balaban J connectivity index is 2.58. The van der Waals surface area contributed by atoms with E-state index < -0.39 is 0 Å². The van der Waals surface area contributed by atoms with E-state index in [-0.39, 0.29) is 29.9 Å². The van der Waals surface area contributed by atoms with Crippen LogP contribution in [0.1, 0.15) is 53.0 Å². The lowest BCUT2D eigenvalue weighted by Crippen LogP contribution is -3.15. The molecule has 0 fully saturated rings. The van der Waals surface area contributed by atoms with Gasteiger partial charge >= 0.3 is 0 Å². The van der Waals surface area contributed by atoms with Crippen molar-refractivity contribution in [3.05, 3.63) is 29.8 Å². The molecule has 2 amide bonds. The maximum atomic E-state index is 12.4. The van der Waals surface area contributed by atoms with Crippen molar-refractivity contribution in [2.24, 2.45) is 0 Å². The molecule has 1 rings (SSSR count). The molecule has 1 aromatic carbocycles. The van der Waals surface area contributed by atoms with Crippen LogP contribution >= 0.6 is 0 Å². The van der Waals surface area contributed by atoms with Crippen LogP contribution in [0.4, 0.5) is 5.69 Å². The highest BCUT2D eigenvalue weighted by Crippen LogP contribution is 2.17. The van der Waals surface area contributed by atoms with Crippen LogP contribution in [0, 0.1) is 0 Å². The topological polar surface area (TPSA) is 62.6 Å². The van der Waals surface area contributed by atoms with E-state index >= 15 is 0 Å². The summed E-state index contributed by atoms with van der Waals surface area (Å²) in [5, 5.41) is 5.84. The summed E-state index contributed by atoms with van der Waals surface area (Å²) in [6.45, 7) is 12.2. The Labute approximate surface area is 145 Å². The van der Waals surface area contributed by atoms with Gasteiger partial charge in [-0.2, -0.15) is 0 Å². The molecule has 0 radical (unpaired) electrons. The molecule has 5 heteroatoms. The van der Waals surface area contributed by atoms with Gasteiger partial charge in [-0.15, -0.1) is 0 Å². The molecule has 0 aliphatic carbocycles. The lowest BCUT2D eigenvalue weighted by molar-refractivity contribution is -0.885. The van der Waals surface area contributed by atoms with Gasteiger partial charge in [0.25, 0.3) is 11.8 Å². The number of rotatable bonds is 6.